The molecule has 2 aliphatic rings. The topological polar surface area (TPSA) is 47.0 Å². The number of hydrogen-bond donors (Lipinski definition) is 1. The molecule has 1 unspecified atom stereocenters. The smallest absolute Gasteiger partial charge is 0.239 e. The Morgan fingerprint density at radius 2 is 1.70 bits per heavy atom. The highest BCUT2D eigenvalue weighted by molar-refractivity contribution is 5.81. The van der Waals surface area contributed by atoms with E-state index in [2.05, 4.69) is 16.7 Å². The Hall–Kier alpha value is -0.650. The molecule has 0 aromatic rings. The van der Waals surface area contributed by atoms with E-state index in [0.717, 1.165) is 71.5 Å². The Kier molecular flexibility index (Phi) is 6.26. The molecule has 20 heavy (non-hydrogen) atoms. The van der Waals surface area contributed by atoms with Gasteiger partial charge in [-0.15, -0.1) is 0 Å². The first-order valence-corrected chi connectivity index (χ1v) is 8.08. The number of likely N-dealkylation sites (tertiary alicyclic amines) is 1. The molecule has 0 saturated carbocycles. The van der Waals surface area contributed by atoms with Crippen molar-refractivity contribution in [2.24, 2.45) is 0 Å². The van der Waals surface area contributed by atoms with Crippen LogP contribution in [0.1, 0.15) is 32.6 Å². The number of aliphatic hydroxyl groups excluding tert-OH is 1. The van der Waals surface area contributed by atoms with E-state index in [1.54, 1.807) is 0 Å². The van der Waals surface area contributed by atoms with Crippen LogP contribution in [0.2, 0.25) is 0 Å². The summed E-state index contributed by atoms with van der Waals surface area (Å²) in [5.41, 5.74) is 0. The first-order valence-electron chi connectivity index (χ1n) is 8.08. The van der Waals surface area contributed by atoms with Crippen molar-refractivity contribution in [3.8, 4) is 0 Å². The maximum absolute atomic E-state index is 12.4. The van der Waals surface area contributed by atoms with Crippen LogP contribution in [-0.4, -0.2) is 84.2 Å². The zero-order valence-electron chi connectivity index (χ0n) is 12.8. The highest BCUT2D eigenvalue weighted by Crippen LogP contribution is 2.14. The first kappa shape index (κ1) is 15.7. The molecule has 0 radical (unpaired) electrons. The van der Waals surface area contributed by atoms with Crippen molar-refractivity contribution < 1.29 is 9.90 Å². The molecule has 0 spiro atoms. The molecular formula is C15H29N3O2. The molecular weight excluding hydrogens is 254 g/mol. The van der Waals surface area contributed by atoms with Gasteiger partial charge in [0.2, 0.25) is 5.91 Å². The van der Waals surface area contributed by atoms with Gasteiger partial charge >= 0.3 is 0 Å². The van der Waals surface area contributed by atoms with Crippen molar-refractivity contribution in [3.05, 3.63) is 0 Å². The number of amides is 1. The molecule has 0 aromatic heterocycles. The summed E-state index contributed by atoms with van der Waals surface area (Å²) in [5.74, 6) is 0.316. The largest absolute Gasteiger partial charge is 0.396 e. The summed E-state index contributed by atoms with van der Waals surface area (Å²) in [6.07, 6.45) is 4.29. The minimum Gasteiger partial charge on any atom is -0.396 e. The van der Waals surface area contributed by atoms with Gasteiger partial charge in [0.25, 0.3) is 0 Å². The normalized spacial score (nSPS) is 23.2. The zero-order chi connectivity index (χ0) is 14.4. The fraction of sp³-hybridized carbons (Fsp3) is 0.933. The third kappa shape index (κ3) is 4.17. The van der Waals surface area contributed by atoms with Crippen LogP contribution < -0.4 is 0 Å². The summed E-state index contributed by atoms with van der Waals surface area (Å²) < 4.78 is 0. The lowest BCUT2D eigenvalue weighted by Gasteiger charge is -2.38. The van der Waals surface area contributed by atoms with Crippen LogP contribution in [0.5, 0.6) is 0 Å². The maximum atomic E-state index is 12.4. The SMILES string of the molecule is CC(C(=O)N1CCCC1)N1CCN(CCCCO)CC1. The second kappa shape index (κ2) is 7.96. The van der Waals surface area contributed by atoms with E-state index in [1.165, 1.54) is 0 Å². The van der Waals surface area contributed by atoms with Gasteiger partial charge in [-0.1, -0.05) is 0 Å². The third-order valence-corrected chi connectivity index (χ3v) is 4.61. The van der Waals surface area contributed by atoms with Gasteiger partial charge in [-0.2, -0.15) is 0 Å². The Bertz CT molecular complexity index is 297. The number of unbranched alkanes of at least 4 members (excludes halogenated alkanes) is 1. The van der Waals surface area contributed by atoms with Gasteiger partial charge in [0, 0.05) is 45.9 Å². The number of nitrogens with zero attached hydrogens (tertiary/aromatic N) is 3. The molecule has 2 fully saturated rings. The molecule has 0 aromatic carbocycles. The molecule has 5 nitrogen and oxygen atoms in total. The number of piperazine rings is 1. The molecule has 1 N–H and O–H groups in total. The van der Waals surface area contributed by atoms with E-state index in [4.69, 9.17) is 5.11 Å². The summed E-state index contributed by atoms with van der Waals surface area (Å²) >= 11 is 0. The molecule has 5 heteroatoms. The third-order valence-electron chi connectivity index (χ3n) is 4.61. The van der Waals surface area contributed by atoms with E-state index < -0.39 is 0 Å². The zero-order valence-corrected chi connectivity index (χ0v) is 12.8. The van der Waals surface area contributed by atoms with Crippen molar-refractivity contribution in [3.63, 3.8) is 0 Å². The molecule has 2 rings (SSSR count). The first-order chi connectivity index (χ1) is 9.72. The van der Waals surface area contributed by atoms with E-state index in [9.17, 15) is 4.79 Å². The quantitative estimate of drug-likeness (QED) is 0.716. The molecule has 2 saturated heterocycles. The molecule has 1 amide bonds. The number of rotatable bonds is 6. The molecule has 116 valence electrons. The van der Waals surface area contributed by atoms with Crippen LogP contribution in [0.15, 0.2) is 0 Å². The summed E-state index contributed by atoms with van der Waals surface area (Å²) in [4.78, 5) is 19.2. The lowest BCUT2D eigenvalue weighted by molar-refractivity contribution is -0.136. The minimum atomic E-state index is 0.0349. The second-order valence-corrected chi connectivity index (χ2v) is 6.02. The van der Waals surface area contributed by atoms with E-state index in [-0.39, 0.29) is 6.04 Å². The van der Waals surface area contributed by atoms with Crippen LogP contribution >= 0.6 is 0 Å². The number of carbonyl (C=O) groups is 1. The van der Waals surface area contributed by atoms with Gasteiger partial charge in [0.05, 0.1) is 6.04 Å². The Morgan fingerprint density at radius 1 is 1.05 bits per heavy atom. The van der Waals surface area contributed by atoms with E-state index in [0.29, 0.717) is 12.5 Å². The van der Waals surface area contributed by atoms with Crippen LogP contribution in [0.4, 0.5) is 0 Å². The fourth-order valence-electron chi connectivity index (χ4n) is 3.18. The van der Waals surface area contributed by atoms with Crippen LogP contribution in [0.3, 0.4) is 0 Å². The van der Waals surface area contributed by atoms with Crippen LogP contribution in [0.25, 0.3) is 0 Å². The fourth-order valence-corrected chi connectivity index (χ4v) is 3.18. The number of carbonyl (C=O) groups excluding carboxylic acids is 1. The summed E-state index contributed by atoms with van der Waals surface area (Å²) in [6.45, 7) is 9.38. The monoisotopic (exact) mass is 283 g/mol. The number of aliphatic hydroxyl groups is 1. The minimum absolute atomic E-state index is 0.0349. The molecule has 0 bridgehead atoms. The molecule has 2 heterocycles. The lowest BCUT2D eigenvalue weighted by Crippen LogP contribution is -2.54. The average molecular weight is 283 g/mol. The maximum Gasteiger partial charge on any atom is 0.239 e. The van der Waals surface area contributed by atoms with Gasteiger partial charge in [0.15, 0.2) is 0 Å². The van der Waals surface area contributed by atoms with Crippen LogP contribution in [0, 0.1) is 0 Å². The summed E-state index contributed by atoms with van der Waals surface area (Å²) in [6, 6.07) is 0.0349. The average Bonchev–Trinajstić information content (AvgIpc) is 3.01. The summed E-state index contributed by atoms with van der Waals surface area (Å²) in [5, 5.41) is 8.81. The highest BCUT2D eigenvalue weighted by Gasteiger charge is 2.29. The Labute approximate surface area is 122 Å². The van der Waals surface area contributed by atoms with Gasteiger partial charge in [-0.25, -0.2) is 0 Å². The predicted octanol–water partition coefficient (Wildman–Crippen LogP) is 0.387. The van der Waals surface area contributed by atoms with Gasteiger partial charge < -0.3 is 14.9 Å². The van der Waals surface area contributed by atoms with Crippen molar-refractivity contribution in [2.45, 2.75) is 38.6 Å². The van der Waals surface area contributed by atoms with E-state index >= 15 is 0 Å². The standard InChI is InChI=1S/C15H29N3O2/c1-14(15(20)18-7-2-3-8-18)17-11-9-16(10-12-17)6-4-5-13-19/h14,19H,2-13H2,1H3. The van der Waals surface area contributed by atoms with Gasteiger partial charge in [0.1, 0.15) is 0 Å². The Balaban J connectivity index is 1.71. The van der Waals surface area contributed by atoms with Crippen molar-refractivity contribution in [1.29, 1.82) is 0 Å². The van der Waals surface area contributed by atoms with Gasteiger partial charge in [-0.05, 0) is 39.2 Å². The second-order valence-electron chi connectivity index (χ2n) is 6.02. The molecule has 0 aliphatic carbocycles. The number of hydrogen-bond acceptors (Lipinski definition) is 4. The van der Waals surface area contributed by atoms with Crippen molar-refractivity contribution in [1.82, 2.24) is 14.7 Å². The summed E-state index contributed by atoms with van der Waals surface area (Å²) in [7, 11) is 0. The lowest BCUT2D eigenvalue weighted by atomic mass is 10.2. The molecule has 1 atom stereocenters. The highest BCUT2D eigenvalue weighted by atomic mass is 16.2. The van der Waals surface area contributed by atoms with Crippen molar-refractivity contribution >= 4 is 5.91 Å². The van der Waals surface area contributed by atoms with Gasteiger partial charge in [-0.3, -0.25) is 9.69 Å². The molecule has 2 aliphatic heterocycles. The predicted molar refractivity (Wildman–Crippen MR) is 79.6 cm³/mol. The van der Waals surface area contributed by atoms with Crippen LogP contribution in [-0.2, 0) is 4.79 Å². The van der Waals surface area contributed by atoms with Crippen molar-refractivity contribution in [2.75, 3.05) is 52.4 Å². The Morgan fingerprint density at radius 3 is 2.30 bits per heavy atom. The van der Waals surface area contributed by atoms with E-state index in [1.807, 2.05) is 4.90 Å².